The van der Waals surface area contributed by atoms with Gasteiger partial charge in [0.15, 0.2) is 17.2 Å². The number of aryl methyl sites for hydroxylation is 1. The van der Waals surface area contributed by atoms with E-state index in [4.69, 9.17) is 23.8 Å². The molecular formula is C45H30N4O2. The average Bonchev–Trinajstić information content (AvgIpc) is 3.87. The molecule has 0 saturated carbocycles. The van der Waals surface area contributed by atoms with E-state index in [0.717, 1.165) is 91.6 Å². The van der Waals surface area contributed by atoms with Gasteiger partial charge in [0.2, 0.25) is 0 Å². The van der Waals surface area contributed by atoms with Gasteiger partial charge in [-0.2, -0.15) is 0 Å². The summed E-state index contributed by atoms with van der Waals surface area (Å²) in [7, 11) is 0. The lowest BCUT2D eigenvalue weighted by Crippen LogP contribution is -2.08. The predicted octanol–water partition coefficient (Wildman–Crippen LogP) is 11.5. The highest BCUT2D eigenvalue weighted by molar-refractivity contribution is 6.15. The van der Waals surface area contributed by atoms with Crippen molar-refractivity contribution >= 4 is 60.8 Å². The Kier molecular flexibility index (Phi) is 6.10. The van der Waals surface area contributed by atoms with Crippen molar-refractivity contribution in [2.24, 2.45) is 0 Å². The lowest BCUT2D eigenvalue weighted by molar-refractivity contribution is 0.546. The first-order chi connectivity index (χ1) is 25.3. The molecule has 4 heterocycles. The summed E-state index contributed by atoms with van der Waals surface area (Å²) in [6.07, 6.45) is 15.6. The number of aromatic nitrogens is 4. The second kappa shape index (κ2) is 11.0. The van der Waals surface area contributed by atoms with Gasteiger partial charge in [-0.15, -0.1) is 0 Å². The minimum absolute atomic E-state index is 0.0440. The summed E-state index contributed by atoms with van der Waals surface area (Å²) in [4.78, 5) is 15.4. The SMILES string of the molecule is C1=CCC(c2nc(-c3ccc4c5c(oc4c3)CCC=C5)nc(-c3cccc4oc5c(-n6c7ccccc7c7ccccc76)cccc5c34)n2)C=C1. The first-order valence-corrected chi connectivity index (χ1v) is 17.5. The number of fused-ring (bicyclic) bond motifs is 9. The largest absolute Gasteiger partial charge is 0.460 e. The molecule has 6 heteroatoms. The maximum absolute atomic E-state index is 6.79. The summed E-state index contributed by atoms with van der Waals surface area (Å²) in [6.45, 7) is 0. The van der Waals surface area contributed by atoms with Crippen LogP contribution in [0.2, 0.25) is 0 Å². The van der Waals surface area contributed by atoms with E-state index >= 15 is 0 Å². The van der Waals surface area contributed by atoms with Gasteiger partial charge < -0.3 is 13.4 Å². The highest BCUT2D eigenvalue weighted by atomic mass is 16.3. The van der Waals surface area contributed by atoms with Crippen LogP contribution in [-0.4, -0.2) is 19.5 Å². The molecule has 0 spiro atoms. The molecule has 11 rings (SSSR count). The molecule has 1 unspecified atom stereocenters. The molecule has 242 valence electrons. The molecule has 0 amide bonds. The molecule has 5 aromatic carbocycles. The zero-order chi connectivity index (χ0) is 33.5. The molecule has 0 bridgehead atoms. The fraction of sp³-hybridized carbons (Fsp3) is 0.0889. The third-order valence-electron chi connectivity index (χ3n) is 10.4. The molecule has 1 atom stereocenters. The minimum Gasteiger partial charge on any atom is -0.460 e. The van der Waals surface area contributed by atoms with Crippen molar-refractivity contribution in [3.05, 3.63) is 151 Å². The fourth-order valence-corrected chi connectivity index (χ4v) is 8.05. The number of rotatable bonds is 4. The second-order valence-corrected chi connectivity index (χ2v) is 13.4. The van der Waals surface area contributed by atoms with Crippen LogP contribution in [0.15, 0.2) is 142 Å². The standard InChI is InChI=1S/C45H30N4O2/c1-2-12-27(13-3-1)43-46-44(28-24-25-32-31-16-6-9-22-38(31)50-40(32)26-28)48-45(47-43)34-18-11-23-39-41(34)33-17-10-21-37(42(33)51-39)49-35-19-7-4-14-29(35)30-15-5-8-20-36(30)49/h1-8,10-12,14-21,23-27H,9,13,22H2. The molecule has 0 N–H and O–H groups in total. The van der Waals surface area contributed by atoms with Gasteiger partial charge in [-0.25, -0.2) is 15.0 Å². The Hall–Kier alpha value is -6.53. The van der Waals surface area contributed by atoms with Gasteiger partial charge in [0.1, 0.15) is 22.8 Å². The minimum atomic E-state index is 0.0440. The number of allylic oxidation sites excluding steroid dienone is 5. The predicted molar refractivity (Wildman–Crippen MR) is 205 cm³/mol. The van der Waals surface area contributed by atoms with E-state index in [1.165, 1.54) is 16.3 Å². The third-order valence-corrected chi connectivity index (χ3v) is 10.4. The van der Waals surface area contributed by atoms with Crippen molar-refractivity contribution in [2.75, 3.05) is 0 Å². The van der Waals surface area contributed by atoms with Crippen molar-refractivity contribution in [3.63, 3.8) is 0 Å². The summed E-state index contributed by atoms with van der Waals surface area (Å²) >= 11 is 0. The number of nitrogens with zero attached hydrogens (tertiary/aromatic N) is 4. The first kappa shape index (κ1) is 28.3. The average molecular weight is 659 g/mol. The van der Waals surface area contributed by atoms with E-state index < -0.39 is 0 Å². The molecule has 9 aromatic rings. The van der Waals surface area contributed by atoms with Crippen LogP contribution in [0.1, 0.15) is 35.9 Å². The van der Waals surface area contributed by atoms with Gasteiger partial charge >= 0.3 is 0 Å². The maximum atomic E-state index is 6.79. The molecule has 0 aliphatic heterocycles. The third kappa shape index (κ3) is 4.33. The summed E-state index contributed by atoms with van der Waals surface area (Å²) in [5, 5.41) is 5.54. The van der Waals surface area contributed by atoms with Crippen LogP contribution < -0.4 is 0 Å². The van der Waals surface area contributed by atoms with E-state index in [1.54, 1.807) is 0 Å². The van der Waals surface area contributed by atoms with Crippen molar-refractivity contribution in [3.8, 4) is 28.5 Å². The van der Waals surface area contributed by atoms with E-state index in [2.05, 4.69) is 132 Å². The molecule has 0 radical (unpaired) electrons. The molecule has 2 aliphatic carbocycles. The van der Waals surface area contributed by atoms with Gasteiger partial charge in [-0.3, -0.25) is 0 Å². The topological polar surface area (TPSA) is 69.9 Å². The molecule has 6 nitrogen and oxygen atoms in total. The molecule has 51 heavy (non-hydrogen) atoms. The Morgan fingerprint density at radius 1 is 0.647 bits per heavy atom. The monoisotopic (exact) mass is 658 g/mol. The van der Waals surface area contributed by atoms with Gasteiger partial charge in [0, 0.05) is 56.0 Å². The fourth-order valence-electron chi connectivity index (χ4n) is 8.05. The Bertz CT molecular complexity index is 2920. The zero-order valence-electron chi connectivity index (χ0n) is 27.6. The lowest BCUT2D eigenvalue weighted by Gasteiger charge is -2.14. The Balaban J connectivity index is 1.13. The highest BCUT2D eigenvalue weighted by Gasteiger charge is 2.23. The lowest BCUT2D eigenvalue weighted by atomic mass is 9.99. The maximum Gasteiger partial charge on any atom is 0.164 e. The highest BCUT2D eigenvalue weighted by Crippen LogP contribution is 2.41. The van der Waals surface area contributed by atoms with Crippen LogP contribution in [0.25, 0.3) is 89.3 Å². The second-order valence-electron chi connectivity index (χ2n) is 13.4. The molecule has 0 fully saturated rings. The number of furan rings is 2. The van der Waals surface area contributed by atoms with Crippen molar-refractivity contribution in [1.29, 1.82) is 0 Å². The van der Waals surface area contributed by atoms with Crippen LogP contribution in [0.4, 0.5) is 0 Å². The smallest absolute Gasteiger partial charge is 0.164 e. The van der Waals surface area contributed by atoms with Crippen molar-refractivity contribution in [2.45, 2.75) is 25.2 Å². The van der Waals surface area contributed by atoms with Gasteiger partial charge in [0.25, 0.3) is 0 Å². The van der Waals surface area contributed by atoms with Gasteiger partial charge in [0.05, 0.1) is 16.7 Å². The van der Waals surface area contributed by atoms with E-state index in [-0.39, 0.29) is 5.92 Å². The van der Waals surface area contributed by atoms with E-state index in [9.17, 15) is 0 Å². The first-order valence-electron chi connectivity index (χ1n) is 17.5. The normalized spacial score (nSPS) is 15.6. The number of hydrogen-bond acceptors (Lipinski definition) is 5. The summed E-state index contributed by atoms with van der Waals surface area (Å²) < 4.78 is 15.4. The molecule has 0 saturated heterocycles. The summed E-state index contributed by atoms with van der Waals surface area (Å²) in [5.41, 5.74) is 8.72. The van der Waals surface area contributed by atoms with Crippen molar-refractivity contribution < 1.29 is 8.83 Å². The van der Waals surface area contributed by atoms with Gasteiger partial charge in [-0.05, 0) is 49.2 Å². The van der Waals surface area contributed by atoms with Crippen LogP contribution in [0, 0.1) is 0 Å². The van der Waals surface area contributed by atoms with Gasteiger partial charge in [-0.1, -0.05) is 103 Å². The van der Waals surface area contributed by atoms with Crippen LogP contribution in [0.5, 0.6) is 0 Å². The van der Waals surface area contributed by atoms with E-state index in [1.807, 2.05) is 12.1 Å². The Labute approximate surface area is 292 Å². The molecule has 4 aromatic heterocycles. The van der Waals surface area contributed by atoms with E-state index in [0.29, 0.717) is 11.6 Å². The van der Waals surface area contributed by atoms with Crippen molar-refractivity contribution in [1.82, 2.24) is 19.5 Å². The number of para-hydroxylation sites is 3. The summed E-state index contributed by atoms with van der Waals surface area (Å²) in [6, 6.07) is 36.0. The molecule has 2 aliphatic rings. The van der Waals surface area contributed by atoms with Crippen LogP contribution in [0.3, 0.4) is 0 Å². The molecular weight excluding hydrogens is 629 g/mol. The Morgan fingerprint density at radius 3 is 2.29 bits per heavy atom. The van der Waals surface area contributed by atoms with Crippen LogP contribution in [-0.2, 0) is 6.42 Å². The zero-order valence-corrected chi connectivity index (χ0v) is 27.6. The quantitative estimate of drug-likeness (QED) is 0.188. The summed E-state index contributed by atoms with van der Waals surface area (Å²) in [5.74, 6) is 3.08. The number of hydrogen-bond donors (Lipinski definition) is 0. The number of benzene rings is 5. The van der Waals surface area contributed by atoms with Crippen LogP contribution >= 0.6 is 0 Å². The Morgan fingerprint density at radius 2 is 1.45 bits per heavy atom.